The summed E-state index contributed by atoms with van der Waals surface area (Å²) in [6.45, 7) is 0.222. The number of ether oxygens (including phenoxy) is 2. The molecule has 2 saturated carbocycles. The van der Waals surface area contributed by atoms with Gasteiger partial charge in [0.15, 0.2) is 35.4 Å². The Balaban J connectivity index is 0.592. The Labute approximate surface area is 666 Å². The first-order valence-corrected chi connectivity index (χ1v) is 45.5. The smallest absolute Gasteiger partial charge is 0.386 e. The van der Waals surface area contributed by atoms with E-state index in [0.29, 0.717) is 25.7 Å². The summed E-state index contributed by atoms with van der Waals surface area (Å²) < 4.78 is 126. The molecular weight excluding hydrogens is 1680 g/mol. The minimum Gasteiger partial charge on any atom is -0.386 e. The van der Waals surface area contributed by atoms with Crippen molar-refractivity contribution in [2.75, 3.05) is 64.1 Å². The van der Waals surface area contributed by atoms with Gasteiger partial charge in [-0.05, 0) is 75.3 Å². The highest BCUT2D eigenvalue weighted by atomic mass is 31.3. The second kappa shape index (κ2) is 38.8. The number of benzene rings is 1. The zero-order chi connectivity index (χ0) is 86.1. The van der Waals surface area contributed by atoms with Crippen LogP contribution >= 0.6 is 46.9 Å². The van der Waals surface area contributed by atoms with Crippen molar-refractivity contribution in [2.24, 2.45) is 21.7 Å². The third-order valence-electron chi connectivity index (χ3n) is 19.9. The molecule has 54 heteroatoms. The maximum atomic E-state index is 13.4. The van der Waals surface area contributed by atoms with E-state index in [9.17, 15) is 116 Å². The lowest BCUT2D eigenvalue weighted by atomic mass is 9.87. The van der Waals surface area contributed by atoms with E-state index in [-0.39, 0.29) is 97.4 Å². The van der Waals surface area contributed by atoms with Gasteiger partial charge in [0, 0.05) is 73.5 Å². The van der Waals surface area contributed by atoms with Crippen LogP contribution in [-0.2, 0) is 114 Å². The summed E-state index contributed by atoms with van der Waals surface area (Å²) in [6, 6.07) is 8.16. The first-order valence-electron chi connectivity index (χ1n) is 36.5. The number of amides is 4. The molecule has 14 unspecified atom stereocenters. The lowest BCUT2D eigenvalue weighted by Crippen LogP contribution is -2.46. The average molecular weight is 1780 g/mol. The Morgan fingerprint density at radius 3 is 1.28 bits per heavy atom. The highest BCUT2D eigenvalue weighted by Crippen LogP contribution is 2.63. The normalized spacial score (nSPS) is 23.2. The highest BCUT2D eigenvalue weighted by Gasteiger charge is 2.54. The minimum atomic E-state index is -5.65. The number of fused-ring (bicyclic) bond motifs is 2. The summed E-state index contributed by atoms with van der Waals surface area (Å²) in [5, 5.41) is 53.7. The fraction of sp³-hybridized carbons (Fsp3) is 0.651. The lowest BCUT2D eigenvalue weighted by molar-refractivity contribution is -0.137. The molecule has 6 heterocycles. The monoisotopic (exact) mass is 1780 g/mol. The van der Waals surface area contributed by atoms with Crippen LogP contribution in [0.5, 0.6) is 0 Å². The second-order valence-electron chi connectivity index (χ2n) is 29.9. The number of phosphoric ester groups is 6. The number of hydrogen-bond donors (Lipinski definition) is 18. The molecule has 4 amide bonds. The van der Waals surface area contributed by atoms with Crippen LogP contribution in [0.4, 0.5) is 11.6 Å². The van der Waals surface area contributed by atoms with Gasteiger partial charge in [0.05, 0.1) is 39.1 Å². The quantitative estimate of drug-likeness (QED) is 0.0191. The number of nitrogens with one attached hydrogen (secondary N) is 4. The molecule has 2 aliphatic heterocycles. The number of aliphatic hydroxyl groups excluding tert-OH is 4. The number of aryl methyl sites for hydroxylation is 2. The first kappa shape index (κ1) is 94.5. The second-order valence-corrected chi connectivity index (χ2v) is 38.4. The van der Waals surface area contributed by atoms with E-state index in [1.807, 2.05) is 18.2 Å². The van der Waals surface area contributed by atoms with Crippen LogP contribution in [0.15, 0.2) is 49.6 Å². The van der Waals surface area contributed by atoms with Crippen molar-refractivity contribution < 1.29 is 161 Å². The maximum absolute atomic E-state index is 13.4. The van der Waals surface area contributed by atoms with Crippen molar-refractivity contribution in [1.82, 2.24) is 60.3 Å². The number of carbonyl (C=O) groups is 6. The minimum absolute atomic E-state index is 0.00371. The van der Waals surface area contributed by atoms with Crippen LogP contribution in [0.25, 0.3) is 22.3 Å². The third kappa shape index (κ3) is 26.6. The Kier molecular flexibility index (Phi) is 31.3. The number of carbonyl (C=O) groups excluding carboxylic acids is 6. The molecule has 4 aliphatic rings. The molecule has 48 nitrogen and oxygen atoms in total. The Morgan fingerprint density at radius 2 is 0.897 bits per heavy atom. The molecule has 20 N–H and O–H groups in total. The fourth-order valence-electron chi connectivity index (χ4n) is 13.0. The van der Waals surface area contributed by atoms with Gasteiger partial charge in [0.1, 0.15) is 84.1 Å². The number of hydrogen-bond acceptors (Lipinski definition) is 34. The number of aromatic nitrogens is 8. The molecule has 5 aromatic rings. The van der Waals surface area contributed by atoms with E-state index in [4.69, 9.17) is 39.0 Å². The maximum Gasteiger partial charge on any atom is 0.481 e. The largest absolute Gasteiger partial charge is 0.481 e. The molecule has 1 aromatic carbocycles. The number of phosphoric acid groups is 6. The predicted molar refractivity (Wildman–Crippen MR) is 399 cm³/mol. The number of nitrogen functional groups attached to an aromatic ring is 2. The molecule has 0 spiro atoms. The molecule has 0 radical (unpaired) electrons. The summed E-state index contributed by atoms with van der Waals surface area (Å²) in [4.78, 5) is 181. The highest BCUT2D eigenvalue weighted by molar-refractivity contribution is 7.61. The summed E-state index contributed by atoms with van der Waals surface area (Å²) in [5.74, 6) is -3.18. The van der Waals surface area contributed by atoms with Crippen LogP contribution in [0.1, 0.15) is 135 Å². The third-order valence-corrected chi connectivity index (χ3v) is 26.1. The molecule has 2 aliphatic carbocycles. The van der Waals surface area contributed by atoms with Crippen LogP contribution in [0, 0.1) is 21.7 Å². The number of imidazole rings is 2. The van der Waals surface area contributed by atoms with Crippen molar-refractivity contribution in [1.29, 1.82) is 0 Å². The number of nitrogens with two attached hydrogens (primary N) is 2. The molecule has 117 heavy (non-hydrogen) atoms. The van der Waals surface area contributed by atoms with Crippen LogP contribution in [0.2, 0.25) is 0 Å². The summed E-state index contributed by atoms with van der Waals surface area (Å²) in [7, 11) is -33.2. The molecule has 652 valence electrons. The van der Waals surface area contributed by atoms with Crippen molar-refractivity contribution in [3.8, 4) is 0 Å². The number of unbranched alkanes of at least 4 members (excludes halogenated alkanes) is 1. The van der Waals surface area contributed by atoms with Crippen molar-refractivity contribution in [3.05, 3.63) is 60.7 Å². The van der Waals surface area contributed by atoms with E-state index in [1.54, 1.807) is 0 Å². The Morgan fingerprint density at radius 1 is 0.530 bits per heavy atom. The number of nitrogens with zero attached hydrogens (tertiary/aromatic N) is 8. The molecule has 4 fully saturated rings. The topological polar surface area (TPSA) is 727 Å². The zero-order valence-corrected chi connectivity index (χ0v) is 68.8. The zero-order valence-electron chi connectivity index (χ0n) is 63.4. The standard InChI is InChI=1S/C63H96N14O34P6/c1-60(2,30-104-116(98,99)110-114(94,95)102-28-38-48(108-112(88,89)90)46(82)58(106-38)76-34-74-44-52(64)70-32-72-54(44)76)50(84)56(86)68-25-15-42(80)66-23-13-40(78)62(19-20-62)17-6-5-9-36-10-7-11-37(27-36)12-8-18-63(21-22-63)41(79)14-24-67-43(81)16-26-69-57(87)51(85)61(3,4)31-105-117(100,101)111-115(96,97)103-29-39-49(109-113(91,92)93)47(83)59(107-39)77-35-75-45-53(65)71-33-73-55(45)77/h7,10-11,27,32-35,38-39,46-51,58-59,82-85H,5-6,8-9,12-26,28-31H2,1-4H3,(H,66,80)(H,67,81)(H,68,86)(H,69,87)(H,94,95)(H,96,97)(H,98,99)(H,100,101)(H2,64,70,72)(H2,65,71,73)(H2,88,89,90)(H2,91,92,93). The van der Waals surface area contributed by atoms with Gasteiger partial charge in [-0.15, -0.1) is 0 Å². The summed E-state index contributed by atoms with van der Waals surface area (Å²) in [5.41, 5.74) is 9.62. The lowest BCUT2D eigenvalue weighted by Gasteiger charge is -2.30. The number of ketones is 2. The average Bonchev–Trinajstić information content (AvgIpc) is 1.60. The first-order chi connectivity index (χ1) is 54.5. The van der Waals surface area contributed by atoms with Gasteiger partial charge in [-0.1, -0.05) is 58.4 Å². The number of Topliss-reactive ketones (excluding diaryl/α,β-unsaturated/α-hetero) is 2. The van der Waals surface area contributed by atoms with Crippen LogP contribution in [-0.4, -0.2) is 235 Å². The van der Waals surface area contributed by atoms with Gasteiger partial charge in [0.2, 0.25) is 23.6 Å². The summed E-state index contributed by atoms with van der Waals surface area (Å²) >= 11 is 0. The Bertz CT molecular complexity index is 4690. The van der Waals surface area contributed by atoms with Gasteiger partial charge in [0.25, 0.3) is 0 Å². The SMILES string of the molecule is CC(C)(COP(=O)(O)OP(=O)(O)OCC1OC(n2cnc3c(N)ncnc32)C(O)C1OP(=O)(O)O)C(O)C(=O)NCCC(=O)NCCC(=O)C1(CCCCc2cccc(CCCC3(C(=O)CCNC(=O)CCNC(=O)C(O)C(C)(C)COP(=O)(O)OP(=O)(O)OCC4OC(n5cnc6c(N)ncnc65)C(O)C4OP(=O)(O)O)CC3)c2)CC1. The van der Waals surface area contributed by atoms with Crippen LogP contribution in [0.3, 0.4) is 0 Å². The van der Waals surface area contributed by atoms with E-state index in [2.05, 4.69) is 74.9 Å². The van der Waals surface area contributed by atoms with E-state index in [1.165, 1.54) is 27.7 Å². The van der Waals surface area contributed by atoms with E-state index >= 15 is 0 Å². The van der Waals surface area contributed by atoms with Crippen molar-refractivity contribution in [2.45, 2.75) is 185 Å². The molecule has 14 atom stereocenters. The number of aliphatic hydroxyl groups is 4. The molecule has 0 bridgehead atoms. The molecule has 4 aromatic heterocycles. The van der Waals surface area contributed by atoms with Crippen molar-refractivity contribution >= 4 is 116 Å². The molecule has 2 saturated heterocycles. The molecular formula is C63H96N14O34P6. The number of anilines is 2. The predicted octanol–water partition coefficient (Wildman–Crippen LogP) is 1.04. The van der Waals surface area contributed by atoms with E-state index in [0.717, 1.165) is 90.5 Å². The van der Waals surface area contributed by atoms with Gasteiger partial charge in [-0.2, -0.15) is 8.62 Å². The van der Waals surface area contributed by atoms with Crippen molar-refractivity contribution in [3.63, 3.8) is 0 Å². The summed E-state index contributed by atoms with van der Waals surface area (Å²) in [6.07, 6.45) is -6.33. The van der Waals surface area contributed by atoms with Gasteiger partial charge in [-0.25, -0.2) is 57.3 Å². The van der Waals surface area contributed by atoms with E-state index < -0.39 is 180 Å². The van der Waals surface area contributed by atoms with Crippen LogP contribution < -0.4 is 32.7 Å². The van der Waals surface area contributed by atoms with Gasteiger partial charge < -0.3 is 102 Å². The fourth-order valence-corrected chi connectivity index (χ4v) is 18.7. The van der Waals surface area contributed by atoms with Gasteiger partial charge >= 0.3 is 46.9 Å². The molecule has 9 rings (SSSR count). The number of rotatable bonds is 49. The Hall–Kier alpha value is -6.36. The van der Waals surface area contributed by atoms with Gasteiger partial charge in [-0.3, -0.25) is 65.0 Å².